The fourth-order valence-electron chi connectivity index (χ4n) is 3.79. The van der Waals surface area contributed by atoms with E-state index in [1.807, 2.05) is 12.1 Å². The van der Waals surface area contributed by atoms with E-state index < -0.39 is 0 Å². The predicted octanol–water partition coefficient (Wildman–Crippen LogP) is 2.31. The molecule has 6 heteroatoms. The SMILES string of the molecule is Cc1nc(-c2ccncc2)nc(N2CCN(CC3CCOC3)CC2)c1C. The van der Waals surface area contributed by atoms with Crippen LogP contribution in [-0.2, 0) is 4.74 Å². The Balaban J connectivity index is 1.48. The predicted molar refractivity (Wildman–Crippen MR) is 102 cm³/mol. The van der Waals surface area contributed by atoms with Crippen molar-refractivity contribution in [3.63, 3.8) is 0 Å². The normalized spacial score (nSPS) is 21.3. The molecule has 1 unspecified atom stereocenters. The van der Waals surface area contributed by atoms with Gasteiger partial charge in [-0.1, -0.05) is 0 Å². The number of ether oxygens (including phenoxy) is 1. The van der Waals surface area contributed by atoms with Gasteiger partial charge in [0.05, 0.1) is 6.61 Å². The van der Waals surface area contributed by atoms with Crippen LogP contribution in [0.15, 0.2) is 24.5 Å². The lowest BCUT2D eigenvalue weighted by Gasteiger charge is -2.37. The first-order chi connectivity index (χ1) is 12.7. The monoisotopic (exact) mass is 353 g/mol. The largest absolute Gasteiger partial charge is 0.381 e. The third-order valence-electron chi connectivity index (χ3n) is 5.51. The fourth-order valence-corrected chi connectivity index (χ4v) is 3.79. The van der Waals surface area contributed by atoms with Gasteiger partial charge in [-0.2, -0.15) is 0 Å². The van der Waals surface area contributed by atoms with E-state index in [4.69, 9.17) is 14.7 Å². The lowest BCUT2D eigenvalue weighted by molar-refractivity contribution is 0.164. The number of piperazine rings is 1. The van der Waals surface area contributed by atoms with Crippen LogP contribution in [0.3, 0.4) is 0 Å². The minimum absolute atomic E-state index is 0.711. The van der Waals surface area contributed by atoms with Crippen molar-refractivity contribution in [3.05, 3.63) is 35.8 Å². The standard InChI is InChI=1S/C20H27N5O/c1-15-16(2)22-19(18-3-6-21-7-4-18)23-20(15)25-10-8-24(9-11-25)13-17-5-12-26-14-17/h3-4,6-7,17H,5,8-14H2,1-2H3. The number of aryl methyl sites for hydroxylation is 1. The Morgan fingerprint density at radius 1 is 1.08 bits per heavy atom. The molecule has 26 heavy (non-hydrogen) atoms. The van der Waals surface area contributed by atoms with Crippen molar-refractivity contribution in [3.8, 4) is 11.4 Å². The molecule has 6 nitrogen and oxygen atoms in total. The highest BCUT2D eigenvalue weighted by molar-refractivity contribution is 5.60. The Hall–Kier alpha value is -2.05. The highest BCUT2D eigenvalue weighted by atomic mass is 16.5. The fraction of sp³-hybridized carbons (Fsp3) is 0.550. The van der Waals surface area contributed by atoms with Gasteiger partial charge in [0.1, 0.15) is 5.82 Å². The van der Waals surface area contributed by atoms with Crippen molar-refractivity contribution in [1.82, 2.24) is 19.9 Å². The number of nitrogens with zero attached hydrogens (tertiary/aromatic N) is 5. The maximum atomic E-state index is 5.51. The van der Waals surface area contributed by atoms with Crippen molar-refractivity contribution < 1.29 is 4.74 Å². The van der Waals surface area contributed by atoms with E-state index in [-0.39, 0.29) is 0 Å². The van der Waals surface area contributed by atoms with E-state index in [9.17, 15) is 0 Å². The average molecular weight is 353 g/mol. The second-order valence-corrected chi connectivity index (χ2v) is 7.33. The molecule has 2 aromatic rings. The van der Waals surface area contributed by atoms with Gasteiger partial charge in [-0.25, -0.2) is 9.97 Å². The number of hydrogen-bond acceptors (Lipinski definition) is 6. The van der Waals surface area contributed by atoms with E-state index in [1.54, 1.807) is 12.4 Å². The molecule has 0 bridgehead atoms. The van der Waals surface area contributed by atoms with Gasteiger partial charge in [-0.05, 0) is 38.3 Å². The second-order valence-electron chi connectivity index (χ2n) is 7.33. The second kappa shape index (κ2) is 7.68. The third kappa shape index (κ3) is 3.71. The molecular formula is C20H27N5O. The van der Waals surface area contributed by atoms with E-state index in [0.29, 0.717) is 5.92 Å². The summed E-state index contributed by atoms with van der Waals surface area (Å²) in [5.74, 6) is 2.58. The van der Waals surface area contributed by atoms with E-state index in [0.717, 1.165) is 68.8 Å². The molecule has 2 aliphatic heterocycles. The van der Waals surface area contributed by atoms with Gasteiger partial charge in [0, 0.05) is 68.5 Å². The smallest absolute Gasteiger partial charge is 0.161 e. The highest BCUT2D eigenvalue weighted by Gasteiger charge is 2.24. The van der Waals surface area contributed by atoms with Crippen LogP contribution in [0, 0.1) is 19.8 Å². The summed E-state index contributed by atoms with van der Waals surface area (Å²) in [6.07, 6.45) is 4.79. The topological polar surface area (TPSA) is 54.4 Å². The van der Waals surface area contributed by atoms with Gasteiger partial charge in [0.2, 0.25) is 0 Å². The molecule has 0 radical (unpaired) electrons. The summed E-state index contributed by atoms with van der Waals surface area (Å²) in [6.45, 7) is 11.4. The van der Waals surface area contributed by atoms with Crippen molar-refractivity contribution in [2.45, 2.75) is 20.3 Å². The van der Waals surface area contributed by atoms with Crippen LogP contribution in [0.5, 0.6) is 0 Å². The van der Waals surface area contributed by atoms with Crippen molar-refractivity contribution in [2.75, 3.05) is 50.8 Å². The third-order valence-corrected chi connectivity index (χ3v) is 5.51. The highest BCUT2D eigenvalue weighted by Crippen LogP contribution is 2.25. The summed E-state index contributed by atoms with van der Waals surface area (Å²) in [6, 6.07) is 3.94. The first-order valence-corrected chi connectivity index (χ1v) is 9.51. The summed E-state index contributed by atoms with van der Waals surface area (Å²) in [7, 11) is 0. The average Bonchev–Trinajstić information content (AvgIpc) is 3.18. The summed E-state index contributed by atoms with van der Waals surface area (Å²) in [4.78, 5) is 18.7. The van der Waals surface area contributed by atoms with Gasteiger partial charge < -0.3 is 9.64 Å². The van der Waals surface area contributed by atoms with E-state index >= 15 is 0 Å². The van der Waals surface area contributed by atoms with Crippen LogP contribution in [0.4, 0.5) is 5.82 Å². The van der Waals surface area contributed by atoms with E-state index in [1.165, 1.54) is 12.0 Å². The number of hydrogen-bond donors (Lipinski definition) is 0. The molecule has 0 amide bonds. The molecule has 0 aromatic carbocycles. The Morgan fingerprint density at radius 2 is 1.85 bits per heavy atom. The Morgan fingerprint density at radius 3 is 2.54 bits per heavy atom. The zero-order chi connectivity index (χ0) is 17.9. The first-order valence-electron chi connectivity index (χ1n) is 9.51. The summed E-state index contributed by atoms with van der Waals surface area (Å²) in [5.41, 5.74) is 3.25. The summed E-state index contributed by atoms with van der Waals surface area (Å²) >= 11 is 0. The number of rotatable bonds is 4. The van der Waals surface area contributed by atoms with E-state index in [2.05, 4.69) is 28.6 Å². The molecule has 0 spiro atoms. The van der Waals surface area contributed by atoms with Crippen LogP contribution >= 0.6 is 0 Å². The first kappa shape index (κ1) is 17.4. The molecule has 2 saturated heterocycles. The summed E-state index contributed by atoms with van der Waals surface area (Å²) < 4.78 is 5.51. The molecule has 138 valence electrons. The van der Waals surface area contributed by atoms with Crippen LogP contribution in [0.1, 0.15) is 17.7 Å². The molecule has 2 aromatic heterocycles. The number of pyridine rings is 1. The van der Waals surface area contributed by atoms with Crippen molar-refractivity contribution in [1.29, 1.82) is 0 Å². The van der Waals surface area contributed by atoms with Crippen LogP contribution in [0.2, 0.25) is 0 Å². The quantitative estimate of drug-likeness (QED) is 0.841. The molecule has 4 heterocycles. The molecule has 0 aliphatic carbocycles. The van der Waals surface area contributed by atoms with Gasteiger partial charge >= 0.3 is 0 Å². The molecule has 2 aliphatic rings. The minimum Gasteiger partial charge on any atom is -0.381 e. The lowest BCUT2D eigenvalue weighted by Crippen LogP contribution is -2.48. The zero-order valence-corrected chi connectivity index (χ0v) is 15.7. The number of anilines is 1. The molecule has 0 saturated carbocycles. The maximum absolute atomic E-state index is 5.51. The van der Waals surface area contributed by atoms with Gasteiger partial charge in [0.15, 0.2) is 5.82 Å². The van der Waals surface area contributed by atoms with Crippen molar-refractivity contribution >= 4 is 5.82 Å². The Bertz CT molecular complexity index is 737. The number of aromatic nitrogens is 3. The minimum atomic E-state index is 0.711. The molecule has 1 atom stereocenters. The molecule has 2 fully saturated rings. The Labute approximate surface area is 155 Å². The Kier molecular flexibility index (Phi) is 5.13. The van der Waals surface area contributed by atoms with Crippen LogP contribution in [0.25, 0.3) is 11.4 Å². The molecule has 4 rings (SSSR count). The maximum Gasteiger partial charge on any atom is 0.161 e. The van der Waals surface area contributed by atoms with Crippen LogP contribution < -0.4 is 4.90 Å². The van der Waals surface area contributed by atoms with Gasteiger partial charge in [-0.15, -0.1) is 0 Å². The lowest BCUT2D eigenvalue weighted by atomic mass is 10.1. The van der Waals surface area contributed by atoms with Crippen LogP contribution in [-0.4, -0.2) is 65.8 Å². The van der Waals surface area contributed by atoms with Crippen molar-refractivity contribution in [2.24, 2.45) is 5.92 Å². The molecule has 0 N–H and O–H groups in total. The van der Waals surface area contributed by atoms with Gasteiger partial charge in [-0.3, -0.25) is 9.88 Å². The van der Waals surface area contributed by atoms with Gasteiger partial charge in [0.25, 0.3) is 0 Å². The zero-order valence-electron chi connectivity index (χ0n) is 15.7. The summed E-state index contributed by atoms with van der Waals surface area (Å²) in [5, 5.41) is 0. The molecular weight excluding hydrogens is 326 g/mol.